The number of nitrogens with one attached hydrogen (secondary N) is 1. The Morgan fingerprint density at radius 3 is 2.93 bits per heavy atom. The molecule has 0 spiro atoms. The summed E-state index contributed by atoms with van der Waals surface area (Å²) >= 11 is 0. The molecule has 1 N–H and O–H groups in total. The first-order valence-electron chi connectivity index (χ1n) is 4.05. The first kappa shape index (κ1) is 8.70. The van der Waals surface area contributed by atoms with Crippen LogP contribution in [0.3, 0.4) is 0 Å². The van der Waals surface area contributed by atoms with Crippen LogP contribution in [0.25, 0.3) is 10.9 Å². The van der Waals surface area contributed by atoms with Crippen LogP contribution in [0.1, 0.15) is 5.56 Å². The lowest BCUT2D eigenvalue weighted by atomic mass is 10.1. The Kier molecular flexibility index (Phi) is 1.93. The van der Waals surface area contributed by atoms with E-state index in [2.05, 4.69) is 4.98 Å². The van der Waals surface area contributed by atoms with Gasteiger partial charge in [0.2, 0.25) is 0 Å². The fourth-order valence-corrected chi connectivity index (χ4v) is 1.46. The van der Waals surface area contributed by atoms with Gasteiger partial charge in [-0.2, -0.15) is 5.26 Å². The molecule has 0 aliphatic carbocycles. The first-order valence-corrected chi connectivity index (χ1v) is 4.05. The van der Waals surface area contributed by atoms with Crippen LogP contribution < -0.4 is 0 Å². The van der Waals surface area contributed by atoms with Gasteiger partial charge in [-0.05, 0) is 17.7 Å². The highest BCUT2D eigenvalue weighted by Gasteiger charge is 2.12. The SMILES string of the molecule is N#CCc1cc(F)c(F)c2cc[nH]c12. The number of hydrogen-bond acceptors (Lipinski definition) is 1. The standard InChI is InChI=1S/C10H6F2N2/c11-8-5-6(1-3-13)10-7(9(8)12)2-4-14-10/h2,4-5,14H,1H2. The molecule has 1 aromatic heterocycles. The van der Waals surface area contributed by atoms with E-state index in [0.29, 0.717) is 11.1 Å². The highest BCUT2D eigenvalue weighted by Crippen LogP contribution is 2.23. The molecule has 70 valence electrons. The van der Waals surface area contributed by atoms with Crippen LogP contribution >= 0.6 is 0 Å². The van der Waals surface area contributed by atoms with Crippen molar-refractivity contribution < 1.29 is 8.78 Å². The Hall–Kier alpha value is -1.89. The Labute approximate surface area is 78.8 Å². The molecule has 0 radical (unpaired) electrons. The van der Waals surface area contributed by atoms with Crippen molar-refractivity contribution >= 4 is 10.9 Å². The highest BCUT2D eigenvalue weighted by atomic mass is 19.2. The number of rotatable bonds is 1. The van der Waals surface area contributed by atoms with Gasteiger partial charge in [0.15, 0.2) is 11.6 Å². The summed E-state index contributed by atoms with van der Waals surface area (Å²) in [6.45, 7) is 0. The minimum atomic E-state index is -0.914. The molecule has 0 bridgehead atoms. The number of hydrogen-bond donors (Lipinski definition) is 1. The number of aromatic amines is 1. The van der Waals surface area contributed by atoms with Crippen molar-refractivity contribution in [3.05, 3.63) is 35.5 Å². The molecule has 2 nitrogen and oxygen atoms in total. The first-order chi connectivity index (χ1) is 6.74. The van der Waals surface area contributed by atoms with Crippen molar-refractivity contribution in [1.29, 1.82) is 5.26 Å². The molecule has 0 unspecified atom stereocenters. The average Bonchev–Trinajstić information content (AvgIpc) is 2.63. The van der Waals surface area contributed by atoms with Gasteiger partial charge in [0, 0.05) is 11.6 Å². The second-order valence-electron chi connectivity index (χ2n) is 2.93. The van der Waals surface area contributed by atoms with Gasteiger partial charge in [-0.25, -0.2) is 8.78 Å². The van der Waals surface area contributed by atoms with E-state index in [1.807, 2.05) is 6.07 Å². The summed E-state index contributed by atoms with van der Waals surface area (Å²) in [7, 11) is 0. The number of nitriles is 1. The maximum absolute atomic E-state index is 13.2. The van der Waals surface area contributed by atoms with E-state index in [0.717, 1.165) is 6.07 Å². The second kappa shape index (κ2) is 3.11. The number of benzene rings is 1. The van der Waals surface area contributed by atoms with E-state index in [1.165, 1.54) is 12.3 Å². The molecule has 2 aromatic rings. The maximum atomic E-state index is 13.2. The molecule has 0 atom stereocenters. The van der Waals surface area contributed by atoms with Gasteiger partial charge in [0.05, 0.1) is 18.0 Å². The van der Waals surface area contributed by atoms with Crippen molar-refractivity contribution in [2.75, 3.05) is 0 Å². The molecule has 0 aliphatic heterocycles. The van der Waals surface area contributed by atoms with Crippen LogP contribution in [0.15, 0.2) is 18.3 Å². The third-order valence-corrected chi connectivity index (χ3v) is 2.08. The van der Waals surface area contributed by atoms with Gasteiger partial charge in [-0.1, -0.05) is 0 Å². The molecule has 1 heterocycles. The smallest absolute Gasteiger partial charge is 0.168 e. The molecule has 0 amide bonds. The highest BCUT2D eigenvalue weighted by molar-refractivity contribution is 5.83. The molecule has 0 saturated heterocycles. The fourth-order valence-electron chi connectivity index (χ4n) is 1.46. The molecular formula is C10H6F2N2. The van der Waals surface area contributed by atoms with Gasteiger partial charge in [-0.3, -0.25) is 0 Å². The molecule has 14 heavy (non-hydrogen) atoms. The quantitative estimate of drug-likeness (QED) is 0.740. The van der Waals surface area contributed by atoms with E-state index in [4.69, 9.17) is 5.26 Å². The van der Waals surface area contributed by atoms with E-state index in [-0.39, 0.29) is 11.8 Å². The second-order valence-corrected chi connectivity index (χ2v) is 2.93. The lowest BCUT2D eigenvalue weighted by Gasteiger charge is -2.00. The Bertz CT molecular complexity index is 523. The average molecular weight is 192 g/mol. The summed E-state index contributed by atoms with van der Waals surface area (Å²) in [6.07, 6.45) is 1.59. The maximum Gasteiger partial charge on any atom is 0.168 e. The van der Waals surface area contributed by atoms with Gasteiger partial charge < -0.3 is 4.98 Å². The largest absolute Gasteiger partial charge is 0.361 e. The zero-order chi connectivity index (χ0) is 10.1. The predicted octanol–water partition coefficient (Wildman–Crippen LogP) is 2.51. The van der Waals surface area contributed by atoms with Crippen LogP contribution in [-0.4, -0.2) is 4.98 Å². The van der Waals surface area contributed by atoms with E-state index >= 15 is 0 Å². The summed E-state index contributed by atoms with van der Waals surface area (Å²) in [4.78, 5) is 2.78. The van der Waals surface area contributed by atoms with Crippen LogP contribution in [0.4, 0.5) is 8.78 Å². The molecule has 0 aliphatic rings. The summed E-state index contributed by atoms with van der Waals surface area (Å²) in [6, 6.07) is 4.41. The molecule has 2 rings (SSSR count). The van der Waals surface area contributed by atoms with Crippen LogP contribution in [0.2, 0.25) is 0 Å². The van der Waals surface area contributed by atoms with Crippen molar-refractivity contribution in [1.82, 2.24) is 4.98 Å². The lowest BCUT2D eigenvalue weighted by Crippen LogP contribution is -1.91. The Morgan fingerprint density at radius 2 is 2.21 bits per heavy atom. The fraction of sp³-hybridized carbons (Fsp3) is 0.100. The molecule has 0 fully saturated rings. The summed E-state index contributed by atoms with van der Waals surface area (Å²) in [5, 5.41) is 8.69. The van der Waals surface area contributed by atoms with Gasteiger partial charge >= 0.3 is 0 Å². The number of nitrogens with zero attached hydrogens (tertiary/aromatic N) is 1. The van der Waals surface area contributed by atoms with Gasteiger partial charge in [0.25, 0.3) is 0 Å². The number of halogens is 2. The molecule has 1 aromatic carbocycles. The Morgan fingerprint density at radius 1 is 1.43 bits per heavy atom. The molecular weight excluding hydrogens is 186 g/mol. The van der Waals surface area contributed by atoms with E-state index in [1.54, 1.807) is 0 Å². The monoisotopic (exact) mass is 192 g/mol. The zero-order valence-electron chi connectivity index (χ0n) is 7.14. The van der Waals surface area contributed by atoms with Crippen LogP contribution in [-0.2, 0) is 6.42 Å². The lowest BCUT2D eigenvalue weighted by molar-refractivity contribution is 0.516. The van der Waals surface area contributed by atoms with Gasteiger partial charge in [0.1, 0.15) is 0 Å². The topological polar surface area (TPSA) is 39.6 Å². The third-order valence-electron chi connectivity index (χ3n) is 2.08. The van der Waals surface area contributed by atoms with E-state index in [9.17, 15) is 8.78 Å². The minimum absolute atomic E-state index is 0.0637. The normalized spacial score (nSPS) is 10.4. The minimum Gasteiger partial charge on any atom is -0.361 e. The molecule has 0 saturated carbocycles. The zero-order valence-corrected chi connectivity index (χ0v) is 7.14. The summed E-state index contributed by atoms with van der Waals surface area (Å²) < 4.78 is 26.2. The number of H-pyrrole nitrogens is 1. The van der Waals surface area contributed by atoms with Crippen molar-refractivity contribution in [2.45, 2.75) is 6.42 Å². The molecule has 4 heteroatoms. The summed E-state index contributed by atoms with van der Waals surface area (Å²) in [5.74, 6) is -1.79. The Balaban J connectivity index is 2.79. The van der Waals surface area contributed by atoms with E-state index < -0.39 is 11.6 Å². The number of aromatic nitrogens is 1. The van der Waals surface area contributed by atoms with Crippen LogP contribution in [0, 0.1) is 23.0 Å². The van der Waals surface area contributed by atoms with Crippen molar-refractivity contribution in [3.63, 3.8) is 0 Å². The predicted molar refractivity (Wildman–Crippen MR) is 47.5 cm³/mol. The van der Waals surface area contributed by atoms with Crippen molar-refractivity contribution in [2.24, 2.45) is 0 Å². The van der Waals surface area contributed by atoms with Crippen LogP contribution in [0.5, 0.6) is 0 Å². The van der Waals surface area contributed by atoms with Gasteiger partial charge in [-0.15, -0.1) is 0 Å². The third kappa shape index (κ3) is 1.14. The van der Waals surface area contributed by atoms with Crippen molar-refractivity contribution in [3.8, 4) is 6.07 Å². The summed E-state index contributed by atoms with van der Waals surface area (Å²) in [5.41, 5.74) is 0.969. The number of fused-ring (bicyclic) bond motifs is 1.